The molecule has 78 valence electrons. The topological polar surface area (TPSA) is 43.8 Å². The Morgan fingerprint density at radius 3 is 2.87 bits per heavy atom. The first-order chi connectivity index (χ1) is 7.16. The number of aryl methyl sites for hydroxylation is 1. The molecule has 2 rings (SSSR count). The summed E-state index contributed by atoms with van der Waals surface area (Å²) in [6, 6.07) is 5.82. The number of nitrogens with zero attached hydrogens (tertiary/aromatic N) is 2. The van der Waals surface area contributed by atoms with Gasteiger partial charge in [0.25, 0.3) is 0 Å². The molecular weight excluding hydrogens is 254 g/mol. The van der Waals surface area contributed by atoms with Crippen molar-refractivity contribution in [3.05, 3.63) is 46.2 Å². The molecule has 0 unspecified atom stereocenters. The zero-order chi connectivity index (χ0) is 10.8. The second-order valence-electron chi connectivity index (χ2n) is 3.52. The van der Waals surface area contributed by atoms with E-state index in [1.165, 1.54) is 0 Å². The molecule has 0 saturated carbocycles. The number of aromatic nitrogens is 2. The standard InChI is InChI=1S/C11H12BrN3/c1-8-5-14-15(6-8)7-9-10(12)3-2-4-11(9)13/h2-6H,7,13H2,1H3. The van der Waals surface area contributed by atoms with Gasteiger partial charge in [-0.3, -0.25) is 4.68 Å². The molecule has 0 aliphatic carbocycles. The van der Waals surface area contributed by atoms with Crippen LogP contribution in [0.2, 0.25) is 0 Å². The maximum atomic E-state index is 5.90. The van der Waals surface area contributed by atoms with Crippen molar-refractivity contribution in [1.82, 2.24) is 9.78 Å². The van der Waals surface area contributed by atoms with Gasteiger partial charge in [0.15, 0.2) is 0 Å². The Kier molecular flexibility index (Phi) is 2.77. The third-order valence-corrected chi connectivity index (χ3v) is 2.98. The molecule has 1 heterocycles. The third-order valence-electron chi connectivity index (χ3n) is 2.24. The summed E-state index contributed by atoms with van der Waals surface area (Å²) in [7, 11) is 0. The van der Waals surface area contributed by atoms with E-state index in [4.69, 9.17) is 5.73 Å². The third kappa shape index (κ3) is 2.21. The van der Waals surface area contributed by atoms with Crippen LogP contribution >= 0.6 is 15.9 Å². The fraction of sp³-hybridized carbons (Fsp3) is 0.182. The lowest BCUT2D eigenvalue weighted by atomic mass is 10.2. The van der Waals surface area contributed by atoms with E-state index >= 15 is 0 Å². The monoisotopic (exact) mass is 265 g/mol. The van der Waals surface area contributed by atoms with Crippen LogP contribution in [-0.2, 0) is 6.54 Å². The Hall–Kier alpha value is -1.29. The Labute approximate surface area is 97.0 Å². The summed E-state index contributed by atoms with van der Waals surface area (Å²) in [6.07, 6.45) is 3.84. The molecule has 2 N–H and O–H groups in total. The predicted molar refractivity (Wildman–Crippen MR) is 64.6 cm³/mol. The number of halogens is 1. The van der Waals surface area contributed by atoms with Crippen molar-refractivity contribution in [2.24, 2.45) is 0 Å². The molecule has 0 amide bonds. The summed E-state index contributed by atoms with van der Waals surface area (Å²) in [6.45, 7) is 2.72. The van der Waals surface area contributed by atoms with Gasteiger partial charge in [-0.2, -0.15) is 5.10 Å². The van der Waals surface area contributed by atoms with Crippen molar-refractivity contribution in [1.29, 1.82) is 0 Å². The van der Waals surface area contributed by atoms with Crippen LogP contribution in [0.4, 0.5) is 5.69 Å². The van der Waals surface area contributed by atoms with Gasteiger partial charge >= 0.3 is 0 Å². The number of anilines is 1. The van der Waals surface area contributed by atoms with Crippen molar-refractivity contribution in [3.63, 3.8) is 0 Å². The molecule has 0 aliphatic rings. The molecule has 0 aliphatic heterocycles. The number of rotatable bonds is 2. The summed E-state index contributed by atoms with van der Waals surface area (Å²) in [5.74, 6) is 0. The highest BCUT2D eigenvalue weighted by Gasteiger charge is 2.05. The van der Waals surface area contributed by atoms with E-state index in [-0.39, 0.29) is 0 Å². The molecular formula is C11H12BrN3. The molecule has 1 aromatic heterocycles. The van der Waals surface area contributed by atoms with E-state index < -0.39 is 0 Å². The summed E-state index contributed by atoms with van der Waals surface area (Å²) in [5.41, 5.74) is 8.92. The lowest BCUT2D eigenvalue weighted by Crippen LogP contribution is -2.04. The number of hydrogen-bond acceptors (Lipinski definition) is 2. The SMILES string of the molecule is Cc1cnn(Cc2c(N)cccc2Br)c1. The largest absolute Gasteiger partial charge is 0.398 e. The molecule has 3 nitrogen and oxygen atoms in total. The predicted octanol–water partition coefficient (Wildman–Crippen LogP) is 2.58. The van der Waals surface area contributed by atoms with Gasteiger partial charge in [0.2, 0.25) is 0 Å². The Morgan fingerprint density at radius 1 is 1.47 bits per heavy atom. The zero-order valence-corrected chi connectivity index (χ0v) is 10.0. The highest BCUT2D eigenvalue weighted by molar-refractivity contribution is 9.10. The van der Waals surface area contributed by atoms with Crippen molar-refractivity contribution in [2.45, 2.75) is 13.5 Å². The van der Waals surface area contributed by atoms with Gasteiger partial charge < -0.3 is 5.73 Å². The minimum Gasteiger partial charge on any atom is -0.398 e. The van der Waals surface area contributed by atoms with Crippen LogP contribution in [0.15, 0.2) is 35.1 Å². The van der Waals surface area contributed by atoms with Gasteiger partial charge in [-0.25, -0.2) is 0 Å². The minimum atomic E-state index is 0.696. The Morgan fingerprint density at radius 2 is 2.27 bits per heavy atom. The van der Waals surface area contributed by atoms with Crippen LogP contribution in [-0.4, -0.2) is 9.78 Å². The van der Waals surface area contributed by atoms with Gasteiger partial charge in [-0.1, -0.05) is 22.0 Å². The molecule has 15 heavy (non-hydrogen) atoms. The van der Waals surface area contributed by atoms with E-state index in [1.54, 1.807) is 0 Å². The normalized spacial score (nSPS) is 10.5. The molecule has 0 saturated heterocycles. The smallest absolute Gasteiger partial charge is 0.0690 e. The highest BCUT2D eigenvalue weighted by atomic mass is 79.9. The van der Waals surface area contributed by atoms with Crippen LogP contribution in [0.1, 0.15) is 11.1 Å². The van der Waals surface area contributed by atoms with Gasteiger partial charge in [0.1, 0.15) is 0 Å². The van der Waals surface area contributed by atoms with E-state index in [2.05, 4.69) is 21.0 Å². The van der Waals surface area contributed by atoms with E-state index in [9.17, 15) is 0 Å². The van der Waals surface area contributed by atoms with Crippen molar-refractivity contribution >= 4 is 21.6 Å². The molecule has 0 fully saturated rings. The number of hydrogen-bond donors (Lipinski definition) is 1. The number of nitrogens with two attached hydrogens (primary N) is 1. The van der Waals surface area contributed by atoms with Gasteiger partial charge in [0.05, 0.1) is 12.7 Å². The van der Waals surface area contributed by atoms with Gasteiger partial charge in [-0.15, -0.1) is 0 Å². The van der Waals surface area contributed by atoms with Crippen molar-refractivity contribution in [3.8, 4) is 0 Å². The first-order valence-electron chi connectivity index (χ1n) is 4.69. The quantitative estimate of drug-likeness (QED) is 0.849. The van der Waals surface area contributed by atoms with Crippen LogP contribution < -0.4 is 5.73 Å². The number of nitrogen functional groups attached to an aromatic ring is 1. The average Bonchev–Trinajstić information content (AvgIpc) is 2.58. The highest BCUT2D eigenvalue weighted by Crippen LogP contribution is 2.23. The zero-order valence-electron chi connectivity index (χ0n) is 8.44. The fourth-order valence-electron chi connectivity index (χ4n) is 1.46. The first-order valence-corrected chi connectivity index (χ1v) is 5.48. The number of benzene rings is 1. The molecule has 1 aromatic carbocycles. The molecule has 0 atom stereocenters. The van der Waals surface area contributed by atoms with Gasteiger partial charge in [0, 0.05) is 21.9 Å². The Balaban J connectivity index is 2.31. The fourth-order valence-corrected chi connectivity index (χ4v) is 1.96. The maximum Gasteiger partial charge on any atom is 0.0690 e. The molecule has 0 radical (unpaired) electrons. The van der Waals surface area contributed by atoms with Crippen molar-refractivity contribution < 1.29 is 0 Å². The maximum absolute atomic E-state index is 5.90. The summed E-state index contributed by atoms with van der Waals surface area (Å²) in [5, 5.41) is 4.23. The molecule has 0 spiro atoms. The van der Waals surface area contributed by atoms with Crippen LogP contribution in [0.25, 0.3) is 0 Å². The van der Waals surface area contributed by atoms with E-state index in [1.807, 2.05) is 42.2 Å². The van der Waals surface area contributed by atoms with Crippen LogP contribution in [0.3, 0.4) is 0 Å². The molecule has 4 heteroatoms. The second-order valence-corrected chi connectivity index (χ2v) is 4.38. The van der Waals surface area contributed by atoms with E-state index in [0.29, 0.717) is 6.54 Å². The Bertz CT molecular complexity index is 456. The van der Waals surface area contributed by atoms with Crippen LogP contribution in [0.5, 0.6) is 0 Å². The minimum absolute atomic E-state index is 0.696. The summed E-state index contributed by atoms with van der Waals surface area (Å²) < 4.78 is 2.90. The average molecular weight is 266 g/mol. The first kappa shape index (κ1) is 10.2. The summed E-state index contributed by atoms with van der Waals surface area (Å²) in [4.78, 5) is 0. The van der Waals surface area contributed by atoms with E-state index in [0.717, 1.165) is 21.3 Å². The lowest BCUT2D eigenvalue weighted by Gasteiger charge is -2.07. The lowest BCUT2D eigenvalue weighted by molar-refractivity contribution is 0.686. The van der Waals surface area contributed by atoms with Gasteiger partial charge in [-0.05, 0) is 24.6 Å². The summed E-state index contributed by atoms with van der Waals surface area (Å²) >= 11 is 3.49. The van der Waals surface area contributed by atoms with Crippen LogP contribution in [0, 0.1) is 6.92 Å². The molecule has 0 bridgehead atoms. The second kappa shape index (κ2) is 4.06. The van der Waals surface area contributed by atoms with Crippen molar-refractivity contribution in [2.75, 3.05) is 5.73 Å². The molecule has 2 aromatic rings.